The maximum atomic E-state index is 8.47. The molecule has 1 rings (SSSR count). The summed E-state index contributed by atoms with van der Waals surface area (Å²) < 4.78 is 11.1. The summed E-state index contributed by atoms with van der Waals surface area (Å²) in [6, 6.07) is 5.30. The minimum Gasteiger partial charge on any atom is -0.537 e. The Morgan fingerprint density at radius 3 is 2.71 bits per heavy atom. The summed E-state index contributed by atoms with van der Waals surface area (Å²) in [5.41, 5.74) is 0. The van der Waals surface area contributed by atoms with Gasteiger partial charge in [0.1, 0.15) is 11.5 Å². The van der Waals surface area contributed by atoms with Gasteiger partial charge in [0, 0.05) is 10.5 Å². The topological polar surface area (TPSA) is 38.7 Å². The molecule has 0 aliphatic carbocycles. The van der Waals surface area contributed by atoms with Gasteiger partial charge in [-0.25, -0.2) is 0 Å². The molecule has 0 heterocycles. The third-order valence-corrected chi connectivity index (χ3v) is 1.96. The van der Waals surface area contributed by atoms with Crippen molar-refractivity contribution in [3.63, 3.8) is 0 Å². The Hall–Kier alpha value is -0.675. The summed E-state index contributed by atoms with van der Waals surface area (Å²) in [6.07, 6.45) is 0.953. The van der Waals surface area contributed by atoms with Gasteiger partial charge in [0.15, 0.2) is 0 Å². The van der Waals surface area contributed by atoms with Crippen molar-refractivity contribution in [2.45, 2.75) is 13.3 Å². The molecule has 3 nitrogen and oxygen atoms in total. The molecule has 0 unspecified atom stereocenters. The predicted octanol–water partition coefficient (Wildman–Crippen LogP) is 2.14. The molecule has 0 aliphatic rings. The molecule has 0 saturated heterocycles. The van der Waals surface area contributed by atoms with Crippen LogP contribution < -0.4 is 9.39 Å². The second-order valence-electron chi connectivity index (χ2n) is 2.69. The minimum atomic E-state index is 0.535. The largest absolute Gasteiger partial charge is 0.569 e. The Kier molecular flexibility index (Phi) is 4.83. The van der Waals surface area contributed by atoms with E-state index >= 15 is 0 Å². The first kappa shape index (κ1) is 11.4. The molecule has 1 radical (unpaired) electrons. The molecule has 0 bridgehead atoms. The van der Waals surface area contributed by atoms with Crippen LogP contribution in [0.15, 0.2) is 22.7 Å². The quantitative estimate of drug-likeness (QED) is 0.822. The van der Waals surface area contributed by atoms with Crippen LogP contribution in [0.25, 0.3) is 0 Å². The lowest BCUT2D eigenvalue weighted by Crippen LogP contribution is -2.01. The third kappa shape index (κ3) is 3.60. The van der Waals surface area contributed by atoms with Gasteiger partial charge in [-0.2, -0.15) is 0 Å². The fourth-order valence-corrected chi connectivity index (χ4v) is 1.42. The van der Waals surface area contributed by atoms with Gasteiger partial charge in [-0.15, -0.1) is 0 Å². The van der Waals surface area contributed by atoms with Crippen molar-refractivity contribution in [3.8, 4) is 11.5 Å². The predicted molar refractivity (Wildman–Crippen MR) is 58.5 cm³/mol. The normalized spacial score (nSPS) is 9.64. The van der Waals surface area contributed by atoms with E-state index in [4.69, 9.17) is 14.4 Å². The standard InChI is InChI=1S/C9H11BBrO3/c1-2-3-13-8-4-7(11)5-9(6-8)14-10-12/h4-6,12H,2-3H2,1H3. The Labute approximate surface area is 92.5 Å². The van der Waals surface area contributed by atoms with Crippen LogP contribution in [0.3, 0.4) is 0 Å². The van der Waals surface area contributed by atoms with E-state index in [0.29, 0.717) is 20.0 Å². The molecule has 0 fully saturated rings. The van der Waals surface area contributed by atoms with Gasteiger partial charge >= 0.3 is 7.69 Å². The third-order valence-electron chi connectivity index (χ3n) is 1.51. The first-order chi connectivity index (χ1) is 6.76. The molecular weight excluding hydrogens is 247 g/mol. The second kappa shape index (κ2) is 5.93. The fraction of sp³-hybridized carbons (Fsp3) is 0.333. The van der Waals surface area contributed by atoms with E-state index in [1.165, 1.54) is 0 Å². The number of ether oxygens (including phenoxy) is 1. The molecule has 5 heteroatoms. The van der Waals surface area contributed by atoms with Crippen molar-refractivity contribution in [1.82, 2.24) is 0 Å². The van der Waals surface area contributed by atoms with Crippen LogP contribution >= 0.6 is 15.9 Å². The first-order valence-corrected chi connectivity index (χ1v) is 5.11. The van der Waals surface area contributed by atoms with Crippen LogP contribution in [0.4, 0.5) is 0 Å². The summed E-state index contributed by atoms with van der Waals surface area (Å²) in [7, 11) is 0.644. The van der Waals surface area contributed by atoms with Gasteiger partial charge in [0.25, 0.3) is 0 Å². The van der Waals surface area contributed by atoms with E-state index in [9.17, 15) is 0 Å². The molecule has 75 valence electrons. The van der Waals surface area contributed by atoms with Gasteiger partial charge in [0.05, 0.1) is 6.61 Å². The lowest BCUT2D eigenvalue weighted by Gasteiger charge is -2.08. The van der Waals surface area contributed by atoms with Crippen molar-refractivity contribution in [2.24, 2.45) is 0 Å². The number of hydrogen-bond donors (Lipinski definition) is 1. The highest BCUT2D eigenvalue weighted by Gasteiger charge is 2.01. The van der Waals surface area contributed by atoms with E-state index in [0.717, 1.165) is 16.6 Å². The van der Waals surface area contributed by atoms with E-state index in [1.54, 1.807) is 12.1 Å². The molecule has 0 spiro atoms. The lowest BCUT2D eigenvalue weighted by molar-refractivity contribution is 0.316. The number of benzene rings is 1. The highest BCUT2D eigenvalue weighted by molar-refractivity contribution is 9.10. The van der Waals surface area contributed by atoms with Crippen LogP contribution in [-0.4, -0.2) is 19.3 Å². The molecule has 0 amide bonds. The zero-order valence-electron chi connectivity index (χ0n) is 7.87. The SMILES string of the molecule is CCCOc1cc(Br)cc(O[B]O)c1. The smallest absolute Gasteiger partial charge is 0.537 e. The van der Waals surface area contributed by atoms with Crippen molar-refractivity contribution in [1.29, 1.82) is 0 Å². The molecule has 0 atom stereocenters. The maximum Gasteiger partial charge on any atom is 0.569 e. The summed E-state index contributed by atoms with van der Waals surface area (Å²) in [5.74, 6) is 1.26. The molecule has 1 aromatic rings. The van der Waals surface area contributed by atoms with Crippen LogP contribution in [0.2, 0.25) is 0 Å². The summed E-state index contributed by atoms with van der Waals surface area (Å²) >= 11 is 3.32. The molecule has 0 aliphatic heterocycles. The number of hydrogen-bond acceptors (Lipinski definition) is 3. The first-order valence-electron chi connectivity index (χ1n) is 4.32. The van der Waals surface area contributed by atoms with Crippen molar-refractivity contribution < 1.29 is 14.4 Å². The Balaban J connectivity index is 2.73. The van der Waals surface area contributed by atoms with Gasteiger partial charge in [-0.1, -0.05) is 22.9 Å². The summed E-state index contributed by atoms with van der Waals surface area (Å²) in [5, 5.41) is 8.47. The molecule has 1 N–H and O–H groups in total. The molecule has 14 heavy (non-hydrogen) atoms. The fourth-order valence-electron chi connectivity index (χ4n) is 0.969. The summed E-state index contributed by atoms with van der Waals surface area (Å²) in [4.78, 5) is 0. The highest BCUT2D eigenvalue weighted by Crippen LogP contribution is 2.26. The Bertz CT molecular complexity index is 293. The van der Waals surface area contributed by atoms with Crippen LogP contribution in [0, 0.1) is 0 Å². The van der Waals surface area contributed by atoms with Gasteiger partial charge in [-0.05, 0) is 18.6 Å². The van der Waals surface area contributed by atoms with Crippen LogP contribution in [0.5, 0.6) is 11.5 Å². The Morgan fingerprint density at radius 2 is 2.07 bits per heavy atom. The van der Waals surface area contributed by atoms with E-state index < -0.39 is 0 Å². The number of halogens is 1. The molecular formula is C9H11BBrO3. The average molecular weight is 258 g/mol. The Morgan fingerprint density at radius 1 is 1.36 bits per heavy atom. The van der Waals surface area contributed by atoms with Gasteiger partial charge < -0.3 is 14.4 Å². The molecule has 1 aromatic carbocycles. The van der Waals surface area contributed by atoms with Crippen LogP contribution in [-0.2, 0) is 0 Å². The minimum absolute atomic E-state index is 0.535. The van der Waals surface area contributed by atoms with Crippen molar-refractivity contribution in [2.75, 3.05) is 6.61 Å². The van der Waals surface area contributed by atoms with Crippen LogP contribution in [0.1, 0.15) is 13.3 Å². The van der Waals surface area contributed by atoms with E-state index in [1.807, 2.05) is 13.0 Å². The highest BCUT2D eigenvalue weighted by atomic mass is 79.9. The second-order valence-corrected chi connectivity index (χ2v) is 3.61. The zero-order valence-corrected chi connectivity index (χ0v) is 9.45. The van der Waals surface area contributed by atoms with Gasteiger partial charge in [-0.3, -0.25) is 0 Å². The molecule has 0 saturated carbocycles. The van der Waals surface area contributed by atoms with Gasteiger partial charge in [0.2, 0.25) is 0 Å². The van der Waals surface area contributed by atoms with Crippen molar-refractivity contribution >= 4 is 23.6 Å². The monoisotopic (exact) mass is 257 g/mol. The lowest BCUT2D eigenvalue weighted by atomic mass is 10.3. The molecule has 0 aromatic heterocycles. The maximum absolute atomic E-state index is 8.47. The zero-order chi connectivity index (χ0) is 10.4. The average Bonchev–Trinajstić information content (AvgIpc) is 2.14. The van der Waals surface area contributed by atoms with E-state index in [-0.39, 0.29) is 0 Å². The number of rotatable bonds is 5. The summed E-state index contributed by atoms with van der Waals surface area (Å²) in [6.45, 7) is 2.70. The van der Waals surface area contributed by atoms with E-state index in [2.05, 4.69) is 15.9 Å². The van der Waals surface area contributed by atoms with Crippen molar-refractivity contribution in [3.05, 3.63) is 22.7 Å².